The molecule has 3 aliphatic rings. The van der Waals surface area contributed by atoms with E-state index in [0.29, 0.717) is 18.1 Å². The molecule has 21 heavy (non-hydrogen) atoms. The average molecular weight is 295 g/mol. The van der Waals surface area contributed by atoms with Gasteiger partial charge in [-0.3, -0.25) is 4.90 Å². The smallest absolute Gasteiger partial charge is 0.0690 e. The third kappa shape index (κ3) is 2.44. The fourth-order valence-electron chi connectivity index (χ4n) is 4.98. The Hall–Kier alpha value is -0.160. The van der Waals surface area contributed by atoms with Crippen molar-refractivity contribution in [1.29, 1.82) is 0 Å². The molecule has 4 nitrogen and oxygen atoms in total. The molecule has 1 saturated carbocycles. The van der Waals surface area contributed by atoms with E-state index in [1.807, 2.05) is 0 Å². The Balaban J connectivity index is 1.73. The lowest BCUT2D eigenvalue weighted by Crippen LogP contribution is -2.80. The highest BCUT2D eigenvalue weighted by molar-refractivity contribution is 5.21. The van der Waals surface area contributed by atoms with Crippen molar-refractivity contribution in [2.45, 2.75) is 57.7 Å². The van der Waals surface area contributed by atoms with Gasteiger partial charge >= 0.3 is 0 Å². The Kier molecular flexibility index (Phi) is 4.11. The predicted octanol–water partition coefficient (Wildman–Crippen LogP) is 1.54. The third-order valence-corrected chi connectivity index (χ3v) is 6.54. The van der Waals surface area contributed by atoms with Crippen molar-refractivity contribution in [3.63, 3.8) is 0 Å². The normalized spacial score (nSPS) is 44.7. The summed E-state index contributed by atoms with van der Waals surface area (Å²) in [6, 6.07) is 0.595. The molecule has 0 amide bonds. The number of nitrogens with zero attached hydrogens (tertiary/aromatic N) is 2. The van der Waals surface area contributed by atoms with Crippen LogP contribution in [0.25, 0.3) is 0 Å². The first kappa shape index (κ1) is 15.7. The van der Waals surface area contributed by atoms with Gasteiger partial charge in [-0.2, -0.15) is 0 Å². The molecule has 4 atom stereocenters. The van der Waals surface area contributed by atoms with E-state index in [4.69, 9.17) is 10.5 Å². The molecule has 1 aliphatic carbocycles. The second-order valence-electron chi connectivity index (χ2n) is 8.24. The van der Waals surface area contributed by atoms with Crippen LogP contribution in [0.15, 0.2) is 0 Å². The fraction of sp³-hybridized carbons (Fsp3) is 1.00. The minimum absolute atomic E-state index is 0.0880. The summed E-state index contributed by atoms with van der Waals surface area (Å²) in [7, 11) is 2.23. The van der Waals surface area contributed by atoms with E-state index in [-0.39, 0.29) is 11.0 Å². The summed E-state index contributed by atoms with van der Waals surface area (Å²) in [4.78, 5) is 5.09. The maximum Gasteiger partial charge on any atom is 0.0690 e. The zero-order valence-corrected chi connectivity index (χ0v) is 14.3. The molecule has 4 heteroatoms. The molecule has 3 fully saturated rings. The second kappa shape index (κ2) is 5.48. The standard InChI is InChI=1S/C17H33N3O/c1-13-11-19(4)8-6-9-20(13)12-17(18)14-7-5-10-21-15(14)16(17,2)3/h13-15H,5-12,18H2,1-4H3. The highest BCUT2D eigenvalue weighted by Gasteiger charge is 2.66. The van der Waals surface area contributed by atoms with E-state index in [9.17, 15) is 0 Å². The maximum atomic E-state index is 6.98. The highest BCUT2D eigenvalue weighted by atomic mass is 16.5. The lowest BCUT2D eigenvalue weighted by molar-refractivity contribution is -0.233. The quantitative estimate of drug-likeness (QED) is 0.839. The Morgan fingerprint density at radius 1 is 1.24 bits per heavy atom. The molecule has 0 aromatic rings. The van der Waals surface area contributed by atoms with E-state index >= 15 is 0 Å². The largest absolute Gasteiger partial charge is 0.377 e. The van der Waals surface area contributed by atoms with Crippen molar-refractivity contribution in [3.05, 3.63) is 0 Å². The SMILES string of the molecule is CC1CN(C)CCCN1CC1(N)C2CCCOC2C1(C)C. The van der Waals surface area contributed by atoms with Crippen LogP contribution < -0.4 is 5.73 Å². The highest BCUT2D eigenvalue weighted by Crippen LogP contribution is 2.57. The van der Waals surface area contributed by atoms with Gasteiger partial charge in [0.2, 0.25) is 0 Å². The van der Waals surface area contributed by atoms with Gasteiger partial charge in [0.25, 0.3) is 0 Å². The molecule has 0 bridgehead atoms. The monoisotopic (exact) mass is 295 g/mol. The average Bonchev–Trinajstić information content (AvgIpc) is 2.60. The predicted molar refractivity (Wildman–Crippen MR) is 86.3 cm³/mol. The van der Waals surface area contributed by atoms with Crippen LogP contribution in [0.3, 0.4) is 0 Å². The lowest BCUT2D eigenvalue weighted by atomic mass is 9.46. The van der Waals surface area contributed by atoms with Gasteiger partial charge in [0.15, 0.2) is 0 Å². The molecule has 122 valence electrons. The second-order valence-corrected chi connectivity index (χ2v) is 8.24. The van der Waals surface area contributed by atoms with Crippen LogP contribution in [0, 0.1) is 11.3 Å². The van der Waals surface area contributed by atoms with Gasteiger partial charge < -0.3 is 15.4 Å². The van der Waals surface area contributed by atoms with Crippen LogP contribution in [0.4, 0.5) is 0 Å². The number of rotatable bonds is 2. The summed E-state index contributed by atoms with van der Waals surface area (Å²) < 4.78 is 6.04. The zero-order chi connectivity index (χ0) is 15.3. The fourth-order valence-corrected chi connectivity index (χ4v) is 4.98. The molecule has 2 aliphatic heterocycles. The van der Waals surface area contributed by atoms with Crippen molar-refractivity contribution in [2.75, 3.05) is 39.8 Å². The summed E-state index contributed by atoms with van der Waals surface area (Å²) in [5.74, 6) is 0.550. The molecule has 0 aromatic carbocycles. The van der Waals surface area contributed by atoms with Crippen molar-refractivity contribution >= 4 is 0 Å². The number of likely N-dealkylation sites (N-methyl/N-ethyl adjacent to an activating group) is 1. The first-order valence-electron chi connectivity index (χ1n) is 8.69. The minimum atomic E-state index is -0.0880. The van der Waals surface area contributed by atoms with Gasteiger partial charge in [-0.1, -0.05) is 13.8 Å². The van der Waals surface area contributed by atoms with Crippen molar-refractivity contribution < 1.29 is 4.74 Å². The van der Waals surface area contributed by atoms with Crippen LogP contribution in [-0.2, 0) is 4.74 Å². The Morgan fingerprint density at radius 2 is 2.00 bits per heavy atom. The van der Waals surface area contributed by atoms with Crippen LogP contribution in [-0.4, -0.2) is 67.3 Å². The van der Waals surface area contributed by atoms with Crippen LogP contribution in [0.2, 0.25) is 0 Å². The topological polar surface area (TPSA) is 41.7 Å². The molecule has 4 unspecified atom stereocenters. The van der Waals surface area contributed by atoms with Gasteiger partial charge in [-0.05, 0) is 46.3 Å². The van der Waals surface area contributed by atoms with E-state index in [2.05, 4.69) is 37.6 Å². The molecular weight excluding hydrogens is 262 g/mol. The third-order valence-electron chi connectivity index (χ3n) is 6.54. The summed E-state index contributed by atoms with van der Waals surface area (Å²) in [5.41, 5.74) is 6.98. The number of hydrogen-bond donors (Lipinski definition) is 1. The minimum Gasteiger partial charge on any atom is -0.377 e. The zero-order valence-electron chi connectivity index (χ0n) is 14.3. The van der Waals surface area contributed by atoms with E-state index in [0.717, 1.165) is 19.7 Å². The lowest BCUT2D eigenvalue weighted by Gasteiger charge is -2.67. The van der Waals surface area contributed by atoms with Crippen molar-refractivity contribution in [1.82, 2.24) is 9.80 Å². The molecule has 2 heterocycles. The molecule has 2 saturated heterocycles. The van der Waals surface area contributed by atoms with Crippen LogP contribution >= 0.6 is 0 Å². The maximum absolute atomic E-state index is 6.98. The number of ether oxygens (including phenoxy) is 1. The molecule has 3 rings (SSSR count). The van der Waals surface area contributed by atoms with Crippen LogP contribution in [0.1, 0.15) is 40.0 Å². The molecule has 0 spiro atoms. The Morgan fingerprint density at radius 3 is 2.76 bits per heavy atom. The van der Waals surface area contributed by atoms with Gasteiger partial charge in [-0.25, -0.2) is 0 Å². The van der Waals surface area contributed by atoms with E-state index in [1.54, 1.807) is 0 Å². The number of nitrogens with two attached hydrogens (primary N) is 1. The molecule has 2 N–H and O–H groups in total. The van der Waals surface area contributed by atoms with E-state index < -0.39 is 0 Å². The van der Waals surface area contributed by atoms with Crippen molar-refractivity contribution in [2.24, 2.45) is 17.1 Å². The van der Waals surface area contributed by atoms with Gasteiger partial charge in [0, 0.05) is 42.6 Å². The van der Waals surface area contributed by atoms with Gasteiger partial charge in [-0.15, -0.1) is 0 Å². The van der Waals surface area contributed by atoms with Gasteiger partial charge in [0.05, 0.1) is 6.10 Å². The van der Waals surface area contributed by atoms with Gasteiger partial charge in [0.1, 0.15) is 0 Å². The molecular formula is C17H33N3O. The summed E-state index contributed by atoms with van der Waals surface area (Å²) >= 11 is 0. The Bertz CT molecular complexity index is 386. The number of fused-ring (bicyclic) bond motifs is 1. The first-order valence-corrected chi connectivity index (χ1v) is 8.69. The first-order chi connectivity index (χ1) is 9.86. The van der Waals surface area contributed by atoms with Crippen molar-refractivity contribution in [3.8, 4) is 0 Å². The number of hydrogen-bond acceptors (Lipinski definition) is 4. The molecule has 0 radical (unpaired) electrons. The summed E-state index contributed by atoms with van der Waals surface area (Å²) in [6.07, 6.45) is 4.05. The van der Waals surface area contributed by atoms with Crippen LogP contribution in [0.5, 0.6) is 0 Å². The summed E-state index contributed by atoms with van der Waals surface area (Å²) in [6.45, 7) is 12.5. The molecule has 0 aromatic heterocycles. The van der Waals surface area contributed by atoms with E-state index in [1.165, 1.54) is 32.4 Å². The Labute approximate surface area is 130 Å². The summed E-state index contributed by atoms with van der Waals surface area (Å²) in [5, 5.41) is 0.